The summed E-state index contributed by atoms with van der Waals surface area (Å²) in [6.07, 6.45) is 2.90. The molecule has 0 aliphatic heterocycles. The number of rotatable bonds is 6. The summed E-state index contributed by atoms with van der Waals surface area (Å²) < 4.78 is 0. The third kappa shape index (κ3) is 5.66. The number of pyridine rings is 1. The van der Waals surface area contributed by atoms with E-state index in [2.05, 4.69) is 15.6 Å². The molecule has 110 valence electrons. The summed E-state index contributed by atoms with van der Waals surface area (Å²) in [6.45, 7) is 3.44. The number of aliphatic carboxylic acids is 1. The molecule has 0 saturated carbocycles. The van der Waals surface area contributed by atoms with Crippen molar-refractivity contribution in [3.8, 4) is 0 Å². The van der Waals surface area contributed by atoms with Gasteiger partial charge in [-0.25, -0.2) is 4.79 Å². The van der Waals surface area contributed by atoms with E-state index in [0.29, 0.717) is 6.54 Å². The van der Waals surface area contributed by atoms with Crippen molar-refractivity contribution in [3.05, 3.63) is 29.6 Å². The molecule has 1 aromatic heterocycles. The minimum Gasteiger partial charge on any atom is -0.481 e. The first kappa shape index (κ1) is 15.9. The fourth-order valence-electron chi connectivity index (χ4n) is 1.58. The average molecular weight is 281 g/mol. The van der Waals surface area contributed by atoms with Gasteiger partial charge in [0.25, 0.3) is 0 Å². The number of carbonyl (C=O) groups is 2. The molecule has 1 aromatic rings. The summed E-state index contributed by atoms with van der Waals surface area (Å²) >= 11 is 0. The van der Waals surface area contributed by atoms with Crippen molar-refractivity contribution in [1.82, 2.24) is 15.6 Å². The van der Waals surface area contributed by atoms with Gasteiger partial charge in [-0.15, -0.1) is 0 Å². The lowest BCUT2D eigenvalue weighted by Crippen LogP contribution is -2.45. The Kier molecular flexibility index (Phi) is 5.45. The van der Waals surface area contributed by atoms with E-state index in [1.807, 2.05) is 13.0 Å². The highest BCUT2D eigenvalue weighted by Gasteiger charge is 2.24. The van der Waals surface area contributed by atoms with Crippen LogP contribution in [-0.4, -0.2) is 39.3 Å². The van der Waals surface area contributed by atoms with E-state index >= 15 is 0 Å². The summed E-state index contributed by atoms with van der Waals surface area (Å²) in [5, 5.41) is 23.4. The highest BCUT2D eigenvalue weighted by molar-refractivity contribution is 5.74. The third-order valence-electron chi connectivity index (χ3n) is 2.75. The Bertz CT molecular complexity index is 488. The first-order chi connectivity index (χ1) is 9.30. The van der Waals surface area contributed by atoms with Crippen molar-refractivity contribution in [1.29, 1.82) is 0 Å². The predicted molar refractivity (Wildman–Crippen MR) is 72.1 cm³/mol. The number of amides is 2. The minimum absolute atomic E-state index is 0.142. The van der Waals surface area contributed by atoms with E-state index in [4.69, 9.17) is 5.11 Å². The smallest absolute Gasteiger partial charge is 0.315 e. The van der Waals surface area contributed by atoms with Gasteiger partial charge >= 0.3 is 12.0 Å². The van der Waals surface area contributed by atoms with Gasteiger partial charge < -0.3 is 20.8 Å². The monoisotopic (exact) mass is 281 g/mol. The molecule has 1 unspecified atom stereocenters. The van der Waals surface area contributed by atoms with E-state index in [-0.39, 0.29) is 6.54 Å². The second-order valence-corrected chi connectivity index (χ2v) is 4.91. The summed E-state index contributed by atoms with van der Waals surface area (Å²) in [6, 6.07) is 1.37. The molecule has 0 aliphatic rings. The Morgan fingerprint density at radius 2 is 2.10 bits per heavy atom. The third-order valence-corrected chi connectivity index (χ3v) is 2.75. The zero-order valence-corrected chi connectivity index (χ0v) is 11.5. The van der Waals surface area contributed by atoms with Crippen LogP contribution in [0.15, 0.2) is 18.5 Å². The van der Waals surface area contributed by atoms with Crippen LogP contribution in [-0.2, 0) is 11.3 Å². The van der Waals surface area contributed by atoms with Crippen LogP contribution in [0.2, 0.25) is 0 Å². The van der Waals surface area contributed by atoms with Crippen molar-refractivity contribution in [3.63, 3.8) is 0 Å². The average Bonchev–Trinajstić information content (AvgIpc) is 2.34. The molecule has 1 atom stereocenters. The van der Waals surface area contributed by atoms with Gasteiger partial charge in [0.05, 0.1) is 12.0 Å². The molecule has 0 radical (unpaired) electrons. The molecule has 0 bridgehead atoms. The second kappa shape index (κ2) is 6.85. The Labute approximate surface area is 117 Å². The number of hydrogen-bond acceptors (Lipinski definition) is 4. The van der Waals surface area contributed by atoms with Crippen LogP contribution in [0.5, 0.6) is 0 Å². The molecular weight excluding hydrogens is 262 g/mol. The van der Waals surface area contributed by atoms with E-state index in [1.165, 1.54) is 6.92 Å². The van der Waals surface area contributed by atoms with Crippen molar-refractivity contribution in [2.45, 2.75) is 32.4 Å². The summed E-state index contributed by atoms with van der Waals surface area (Å²) in [4.78, 5) is 26.0. The second-order valence-electron chi connectivity index (χ2n) is 4.91. The van der Waals surface area contributed by atoms with Gasteiger partial charge in [0.1, 0.15) is 0 Å². The number of nitrogens with zero attached hydrogens (tertiary/aromatic N) is 1. The quantitative estimate of drug-likeness (QED) is 0.603. The molecule has 0 fully saturated rings. The minimum atomic E-state index is -1.48. The van der Waals surface area contributed by atoms with Crippen LogP contribution in [0, 0.1) is 6.92 Å². The molecule has 0 aliphatic carbocycles. The van der Waals surface area contributed by atoms with Gasteiger partial charge in [-0.05, 0) is 31.0 Å². The molecule has 1 rings (SSSR count). The maximum absolute atomic E-state index is 11.6. The van der Waals surface area contributed by atoms with Crippen molar-refractivity contribution < 1.29 is 19.8 Å². The maximum atomic E-state index is 11.6. The molecule has 7 nitrogen and oxygen atoms in total. The van der Waals surface area contributed by atoms with Crippen LogP contribution in [0.25, 0.3) is 0 Å². The van der Waals surface area contributed by atoms with E-state index in [1.54, 1.807) is 12.4 Å². The van der Waals surface area contributed by atoms with Crippen LogP contribution in [0.4, 0.5) is 4.79 Å². The Morgan fingerprint density at radius 3 is 2.70 bits per heavy atom. The molecule has 4 N–H and O–H groups in total. The van der Waals surface area contributed by atoms with Crippen LogP contribution in [0.1, 0.15) is 24.5 Å². The zero-order chi connectivity index (χ0) is 15.2. The Hall–Kier alpha value is -2.15. The molecule has 1 heterocycles. The lowest BCUT2D eigenvalue weighted by atomic mass is 10.0. The van der Waals surface area contributed by atoms with Crippen LogP contribution in [0.3, 0.4) is 0 Å². The standard InChI is InChI=1S/C13H19N3O4/c1-9-3-4-14-6-10(9)7-15-12(19)16-8-13(2,20)5-11(17)18/h3-4,6,20H,5,7-8H2,1-2H3,(H,17,18)(H2,15,16,19). The summed E-state index contributed by atoms with van der Waals surface area (Å²) in [7, 11) is 0. The number of carbonyl (C=O) groups excluding carboxylic acids is 1. The number of aliphatic hydroxyl groups is 1. The maximum Gasteiger partial charge on any atom is 0.315 e. The summed E-state index contributed by atoms with van der Waals surface area (Å²) in [5.41, 5.74) is 0.422. The lowest BCUT2D eigenvalue weighted by molar-refractivity contribution is -0.141. The van der Waals surface area contributed by atoms with Gasteiger partial charge in [-0.2, -0.15) is 0 Å². The molecular formula is C13H19N3O4. The largest absolute Gasteiger partial charge is 0.481 e. The normalized spacial score (nSPS) is 13.3. The Balaban J connectivity index is 2.38. The van der Waals surface area contributed by atoms with Crippen molar-refractivity contribution in [2.24, 2.45) is 0 Å². The van der Waals surface area contributed by atoms with Crippen LogP contribution >= 0.6 is 0 Å². The number of aromatic nitrogens is 1. The SMILES string of the molecule is Cc1ccncc1CNC(=O)NCC(C)(O)CC(=O)O. The van der Waals surface area contributed by atoms with E-state index in [0.717, 1.165) is 11.1 Å². The van der Waals surface area contributed by atoms with E-state index < -0.39 is 24.0 Å². The number of nitrogens with one attached hydrogen (secondary N) is 2. The molecule has 0 aromatic carbocycles. The predicted octanol–water partition coefficient (Wildman–Crippen LogP) is 0.415. The van der Waals surface area contributed by atoms with Gasteiger partial charge in [-0.3, -0.25) is 9.78 Å². The fraction of sp³-hybridized carbons (Fsp3) is 0.462. The number of urea groups is 1. The first-order valence-electron chi connectivity index (χ1n) is 6.15. The van der Waals surface area contributed by atoms with Gasteiger partial charge in [0.15, 0.2) is 0 Å². The highest BCUT2D eigenvalue weighted by Crippen LogP contribution is 2.07. The van der Waals surface area contributed by atoms with Crippen LogP contribution < -0.4 is 10.6 Å². The first-order valence-corrected chi connectivity index (χ1v) is 6.15. The molecule has 20 heavy (non-hydrogen) atoms. The number of aryl methyl sites for hydroxylation is 1. The molecule has 7 heteroatoms. The molecule has 0 spiro atoms. The summed E-state index contributed by atoms with van der Waals surface area (Å²) in [5.74, 6) is -1.12. The van der Waals surface area contributed by atoms with Gasteiger partial charge in [-0.1, -0.05) is 0 Å². The van der Waals surface area contributed by atoms with Gasteiger partial charge in [0, 0.05) is 25.5 Å². The number of carboxylic acid groups (broad SMARTS) is 1. The van der Waals surface area contributed by atoms with Crippen molar-refractivity contribution in [2.75, 3.05) is 6.54 Å². The van der Waals surface area contributed by atoms with Crippen molar-refractivity contribution >= 4 is 12.0 Å². The molecule has 0 saturated heterocycles. The van der Waals surface area contributed by atoms with E-state index in [9.17, 15) is 14.7 Å². The highest BCUT2D eigenvalue weighted by atomic mass is 16.4. The fourth-order valence-corrected chi connectivity index (χ4v) is 1.58. The lowest BCUT2D eigenvalue weighted by Gasteiger charge is -2.21. The topological polar surface area (TPSA) is 112 Å². The van der Waals surface area contributed by atoms with Gasteiger partial charge in [0.2, 0.25) is 0 Å². The Morgan fingerprint density at radius 1 is 1.40 bits per heavy atom. The number of hydrogen-bond donors (Lipinski definition) is 4. The zero-order valence-electron chi connectivity index (χ0n) is 11.5. The molecule has 2 amide bonds. The number of carboxylic acids is 1.